The van der Waals surface area contributed by atoms with Crippen molar-refractivity contribution < 1.29 is 17.6 Å². The Labute approximate surface area is 119 Å². The van der Waals surface area contributed by atoms with Crippen LogP contribution in [-0.2, 0) is 0 Å². The predicted molar refractivity (Wildman–Crippen MR) is 74.1 cm³/mol. The molecule has 1 aromatic rings. The average Bonchev–Trinajstić information content (AvgIpc) is 2.37. The zero-order chi connectivity index (χ0) is 16.0. The highest BCUT2D eigenvalue weighted by Gasteiger charge is 2.32. The fourth-order valence-electron chi connectivity index (χ4n) is 1.46. The molecule has 0 saturated heterocycles. The van der Waals surface area contributed by atoms with Crippen molar-refractivity contribution in [3.63, 3.8) is 0 Å². The van der Waals surface area contributed by atoms with Crippen LogP contribution in [0.2, 0.25) is 0 Å². The van der Waals surface area contributed by atoms with Crippen LogP contribution in [-0.4, -0.2) is 30.1 Å². The highest BCUT2D eigenvalue weighted by atomic mass is 19.4. The summed E-state index contributed by atoms with van der Waals surface area (Å²) in [5.41, 5.74) is -1.08. The third-order valence-corrected chi connectivity index (χ3v) is 2.33. The second kappa shape index (κ2) is 6.92. The van der Waals surface area contributed by atoms with E-state index in [1.807, 2.05) is 0 Å². The monoisotopic (exact) mass is 299 g/mol. The summed E-state index contributed by atoms with van der Waals surface area (Å²) < 4.78 is 51.5. The van der Waals surface area contributed by atoms with Crippen molar-refractivity contribution in [3.8, 4) is 0 Å². The van der Waals surface area contributed by atoms with E-state index in [1.54, 1.807) is 0 Å². The molecule has 7 heteroatoms. The molecule has 0 aromatic carbocycles. The lowest BCUT2D eigenvalue weighted by atomic mass is 10.2. The van der Waals surface area contributed by atoms with Crippen molar-refractivity contribution >= 4 is 11.9 Å². The van der Waals surface area contributed by atoms with Crippen molar-refractivity contribution in [1.82, 2.24) is 4.98 Å². The first-order chi connectivity index (χ1) is 9.75. The summed E-state index contributed by atoms with van der Waals surface area (Å²) >= 11 is 0. The van der Waals surface area contributed by atoms with Crippen LogP contribution in [0.15, 0.2) is 52.2 Å². The van der Waals surface area contributed by atoms with Gasteiger partial charge in [0.25, 0.3) is 0 Å². The molecular formula is C14H13F4N3. The lowest BCUT2D eigenvalue weighted by Gasteiger charge is -2.07. The van der Waals surface area contributed by atoms with Gasteiger partial charge in [0.05, 0.1) is 17.0 Å². The first-order valence-corrected chi connectivity index (χ1v) is 5.82. The van der Waals surface area contributed by atoms with E-state index in [1.165, 1.54) is 32.3 Å². The lowest BCUT2D eigenvalue weighted by Crippen LogP contribution is -2.13. The minimum absolute atomic E-state index is 0.0373. The van der Waals surface area contributed by atoms with Gasteiger partial charge in [0, 0.05) is 19.5 Å². The summed E-state index contributed by atoms with van der Waals surface area (Å²) in [6.07, 6.45) is -1.81. The lowest BCUT2D eigenvalue weighted by molar-refractivity contribution is -0.0856. The van der Waals surface area contributed by atoms with Gasteiger partial charge in [0.1, 0.15) is 5.69 Å². The Hall–Kier alpha value is -2.31. The standard InChI is InChI=1S/C14H13F4N3/c1-9(7-11(8-19-3)14(16,17)18)21-10(2)13-12(15)5-4-6-20-13/h4-8H,1H2,2-3H3/b11-7+,19-8?,21-10?. The maximum absolute atomic E-state index is 13.5. The molecule has 0 atom stereocenters. The normalized spacial score (nSPS) is 13.8. The van der Waals surface area contributed by atoms with Crippen molar-refractivity contribution in [1.29, 1.82) is 0 Å². The van der Waals surface area contributed by atoms with Crippen LogP contribution in [0, 0.1) is 5.82 Å². The molecule has 112 valence electrons. The van der Waals surface area contributed by atoms with Gasteiger partial charge < -0.3 is 0 Å². The molecule has 0 radical (unpaired) electrons. The first kappa shape index (κ1) is 16.7. The highest BCUT2D eigenvalue weighted by molar-refractivity contribution is 5.98. The van der Waals surface area contributed by atoms with Crippen molar-refractivity contribution in [2.75, 3.05) is 7.05 Å². The molecular weight excluding hydrogens is 286 g/mol. The van der Waals surface area contributed by atoms with Gasteiger partial charge >= 0.3 is 6.18 Å². The first-order valence-electron chi connectivity index (χ1n) is 5.82. The SMILES string of the molecule is C=C(/C=C(\C=NC)C(F)(F)F)N=C(C)c1ncccc1F. The molecule has 1 aromatic heterocycles. The van der Waals surface area contributed by atoms with Crippen LogP contribution in [0.5, 0.6) is 0 Å². The number of pyridine rings is 1. The van der Waals surface area contributed by atoms with Crippen LogP contribution in [0.3, 0.4) is 0 Å². The fourth-order valence-corrected chi connectivity index (χ4v) is 1.46. The van der Waals surface area contributed by atoms with E-state index in [9.17, 15) is 17.6 Å². The van der Waals surface area contributed by atoms with Gasteiger partial charge in [-0.3, -0.25) is 15.0 Å². The molecule has 21 heavy (non-hydrogen) atoms. The minimum atomic E-state index is -4.57. The number of alkyl halides is 3. The second-order valence-corrected chi connectivity index (χ2v) is 4.01. The van der Waals surface area contributed by atoms with Crippen molar-refractivity contribution in [2.24, 2.45) is 9.98 Å². The van der Waals surface area contributed by atoms with Gasteiger partial charge in [-0.05, 0) is 25.1 Å². The van der Waals surface area contributed by atoms with E-state index in [-0.39, 0.29) is 17.1 Å². The average molecular weight is 299 g/mol. The van der Waals surface area contributed by atoms with E-state index in [2.05, 4.69) is 21.5 Å². The van der Waals surface area contributed by atoms with Crippen LogP contribution in [0.25, 0.3) is 0 Å². The Morgan fingerprint density at radius 3 is 2.57 bits per heavy atom. The summed E-state index contributed by atoms with van der Waals surface area (Å²) in [6, 6.07) is 2.59. The topological polar surface area (TPSA) is 37.6 Å². The molecule has 0 amide bonds. The molecule has 3 nitrogen and oxygen atoms in total. The molecule has 0 unspecified atom stereocenters. The maximum Gasteiger partial charge on any atom is 0.417 e. The summed E-state index contributed by atoms with van der Waals surface area (Å²) in [7, 11) is 1.22. The van der Waals surface area contributed by atoms with E-state index >= 15 is 0 Å². The van der Waals surface area contributed by atoms with Gasteiger partial charge in [0.15, 0.2) is 5.82 Å². The Morgan fingerprint density at radius 2 is 2.05 bits per heavy atom. The molecule has 0 aliphatic heterocycles. The van der Waals surface area contributed by atoms with Gasteiger partial charge in [0.2, 0.25) is 0 Å². The zero-order valence-corrected chi connectivity index (χ0v) is 11.4. The Morgan fingerprint density at radius 1 is 1.38 bits per heavy atom. The maximum atomic E-state index is 13.5. The van der Waals surface area contributed by atoms with E-state index < -0.39 is 17.6 Å². The van der Waals surface area contributed by atoms with Gasteiger partial charge in [-0.15, -0.1) is 0 Å². The highest BCUT2D eigenvalue weighted by Crippen LogP contribution is 2.25. The second-order valence-electron chi connectivity index (χ2n) is 4.01. The quantitative estimate of drug-likeness (QED) is 0.474. The van der Waals surface area contributed by atoms with Crippen LogP contribution in [0.4, 0.5) is 17.6 Å². The smallest absolute Gasteiger partial charge is 0.296 e. The fraction of sp³-hybridized carbons (Fsp3) is 0.214. The zero-order valence-electron chi connectivity index (χ0n) is 11.4. The molecule has 0 saturated carbocycles. The number of aromatic nitrogens is 1. The van der Waals surface area contributed by atoms with Crippen molar-refractivity contribution in [3.05, 3.63) is 53.8 Å². The molecule has 0 bridgehead atoms. The summed E-state index contributed by atoms with van der Waals surface area (Å²) in [5, 5.41) is 0. The molecule has 0 N–H and O–H groups in total. The number of nitrogens with zero attached hydrogens (tertiary/aromatic N) is 3. The third-order valence-electron chi connectivity index (χ3n) is 2.33. The summed E-state index contributed by atoms with van der Waals surface area (Å²) in [5.74, 6) is -0.610. The summed E-state index contributed by atoms with van der Waals surface area (Å²) in [4.78, 5) is 10.9. The molecule has 1 heterocycles. The van der Waals surface area contributed by atoms with E-state index in [0.29, 0.717) is 6.21 Å². The number of halogens is 4. The Kier molecular flexibility index (Phi) is 5.52. The predicted octanol–water partition coefficient (Wildman–Crippen LogP) is 3.73. The van der Waals surface area contributed by atoms with Gasteiger partial charge in [-0.25, -0.2) is 4.39 Å². The van der Waals surface area contributed by atoms with Crippen LogP contribution < -0.4 is 0 Å². The van der Waals surface area contributed by atoms with E-state index in [4.69, 9.17) is 0 Å². The Balaban J connectivity index is 3.09. The number of aliphatic imine (C=N–C) groups is 2. The molecule has 0 aliphatic rings. The van der Waals surface area contributed by atoms with Crippen molar-refractivity contribution in [2.45, 2.75) is 13.1 Å². The molecule has 0 aliphatic carbocycles. The van der Waals surface area contributed by atoms with Gasteiger partial charge in [-0.1, -0.05) is 6.58 Å². The summed E-state index contributed by atoms with van der Waals surface area (Å²) in [6.45, 7) is 4.85. The number of rotatable bonds is 4. The van der Waals surface area contributed by atoms with Crippen LogP contribution >= 0.6 is 0 Å². The number of allylic oxidation sites excluding steroid dienone is 2. The Bertz CT molecular complexity index is 613. The minimum Gasteiger partial charge on any atom is -0.296 e. The molecule has 0 fully saturated rings. The molecule has 0 spiro atoms. The van der Waals surface area contributed by atoms with E-state index in [0.717, 1.165) is 6.08 Å². The van der Waals surface area contributed by atoms with Crippen LogP contribution in [0.1, 0.15) is 12.6 Å². The third kappa shape index (κ3) is 4.94. The largest absolute Gasteiger partial charge is 0.417 e. The number of hydrogen-bond donors (Lipinski definition) is 0. The van der Waals surface area contributed by atoms with Gasteiger partial charge in [-0.2, -0.15) is 13.2 Å². The molecule has 1 rings (SSSR count). The number of hydrogen-bond acceptors (Lipinski definition) is 3.